The van der Waals surface area contributed by atoms with Crippen LogP contribution < -0.4 is 15.6 Å². The van der Waals surface area contributed by atoms with Gasteiger partial charge in [0.05, 0.1) is 52.8 Å². The first kappa shape index (κ1) is 48.1. The van der Waals surface area contributed by atoms with Gasteiger partial charge in [-0.25, -0.2) is 26.9 Å². The highest BCUT2D eigenvalue weighted by Gasteiger charge is 2.25. The van der Waals surface area contributed by atoms with E-state index in [0.29, 0.717) is 18.1 Å². The van der Waals surface area contributed by atoms with Crippen LogP contribution in [0.15, 0.2) is 113 Å². The van der Waals surface area contributed by atoms with Crippen LogP contribution in [-0.2, 0) is 65.2 Å². The molecule has 0 radical (unpaired) electrons. The molecule has 0 fully saturated rings. The molecular formula is C31H32N7O18S5+. The number of nitrogens with zero attached hydrogens (tertiary/aromatic N) is 5. The number of nitrogens with two attached hydrogens (primary N) is 1. The molecule has 0 aliphatic carbocycles. The fourth-order valence-electron chi connectivity index (χ4n) is 4.67. The Morgan fingerprint density at radius 3 is 2.10 bits per heavy atom. The number of hydrogen-bond acceptors (Lipinski definition) is 20. The average Bonchev–Trinajstić information content (AvgIpc) is 3.16. The van der Waals surface area contributed by atoms with Crippen molar-refractivity contribution in [1.82, 2.24) is 0 Å². The molecule has 0 aliphatic heterocycles. The number of aliphatic carboxylic acids is 1. The zero-order valence-electron chi connectivity index (χ0n) is 30.6. The number of aromatic nitrogens is 1. The summed E-state index contributed by atoms with van der Waals surface area (Å²) in [6, 6.07) is 11.2. The van der Waals surface area contributed by atoms with Crippen molar-refractivity contribution in [2.45, 2.75) is 32.5 Å². The molecule has 4 aromatic rings. The van der Waals surface area contributed by atoms with Crippen molar-refractivity contribution in [1.29, 1.82) is 0 Å². The van der Waals surface area contributed by atoms with Gasteiger partial charge in [0.2, 0.25) is 0 Å². The minimum absolute atomic E-state index is 0.0358. The van der Waals surface area contributed by atoms with E-state index in [1.165, 1.54) is 29.0 Å². The summed E-state index contributed by atoms with van der Waals surface area (Å²) in [5, 5.41) is 36.2. The quantitative estimate of drug-likeness (QED) is 0.00862. The van der Waals surface area contributed by atoms with Gasteiger partial charge in [0.25, 0.3) is 20.2 Å². The van der Waals surface area contributed by atoms with Crippen LogP contribution in [-0.4, -0.2) is 95.0 Å². The number of carboxylic acids is 2. The maximum atomic E-state index is 12.6. The average molecular weight is 951 g/mol. The van der Waals surface area contributed by atoms with E-state index in [2.05, 4.69) is 30.0 Å². The molecule has 61 heavy (non-hydrogen) atoms. The summed E-state index contributed by atoms with van der Waals surface area (Å²) in [5.74, 6) is -3.28. The third-order valence-electron chi connectivity index (χ3n) is 7.44. The molecule has 0 saturated carbocycles. The van der Waals surface area contributed by atoms with Crippen molar-refractivity contribution in [3.63, 3.8) is 0 Å². The molecule has 4 rings (SSSR count). The molecule has 328 valence electrons. The summed E-state index contributed by atoms with van der Waals surface area (Å²) in [6.07, 6.45) is 2.38. The van der Waals surface area contributed by atoms with E-state index < -0.39 is 116 Å². The molecule has 0 saturated heterocycles. The van der Waals surface area contributed by atoms with Gasteiger partial charge in [0.15, 0.2) is 28.8 Å². The lowest BCUT2D eigenvalue weighted by Gasteiger charge is -2.15. The maximum absolute atomic E-state index is 12.6. The van der Waals surface area contributed by atoms with Crippen LogP contribution in [0.3, 0.4) is 0 Å². The lowest BCUT2D eigenvalue weighted by atomic mass is 10.2. The monoisotopic (exact) mass is 950 g/mol. The van der Waals surface area contributed by atoms with Gasteiger partial charge in [0.1, 0.15) is 39.0 Å². The molecule has 8 N–H and O–H groups in total. The van der Waals surface area contributed by atoms with Crippen LogP contribution in [0.25, 0.3) is 0 Å². The Kier molecular flexibility index (Phi) is 16.1. The van der Waals surface area contributed by atoms with Crippen molar-refractivity contribution in [2.24, 2.45) is 20.5 Å². The standard InChI is InChI=1S/C31H31N7O18S5/c32-28-24(36-35-23-8-5-21(16-25(23)59(45,46)47)57-56-54-13-12-38-11-1-2-19(18-38)31(41)42)17-26(60(48,49)50)29(33-10-9-27(39)40)30(28)37-34-20-3-6-22(7-4-20)58(43,44)15-14-55-61(51,52)53/h1-8,11,16-18H,9-10,12-15H2,(H7-,32,33,34,35,39,40,41,42,45,46,47,48,49,50,51,52,53)/p+1. The van der Waals surface area contributed by atoms with E-state index in [4.69, 9.17) is 29.7 Å². The van der Waals surface area contributed by atoms with Crippen molar-refractivity contribution < 1.29 is 85.1 Å². The van der Waals surface area contributed by atoms with Gasteiger partial charge in [-0.3, -0.25) is 18.5 Å². The largest absolute Gasteiger partial charge is 0.481 e. The highest BCUT2D eigenvalue weighted by Crippen LogP contribution is 2.45. The lowest BCUT2D eigenvalue weighted by Crippen LogP contribution is -2.36. The molecular weight excluding hydrogens is 919 g/mol. The first-order chi connectivity index (χ1) is 28.4. The SMILES string of the molecule is Nc1c(N=Nc2ccc(SOOCC[n+]3cccc(C(=O)O)c3)cc2S(=O)(=O)O)cc(S(=O)(=O)O)c(NCCC(=O)O)c1N=Nc1ccc(S(=O)(=O)CCOS(=O)(=O)O)cc1. The Morgan fingerprint density at radius 1 is 0.803 bits per heavy atom. The second-order valence-corrected chi connectivity index (χ2v) is 18.5. The third-order valence-corrected chi connectivity index (χ3v) is 12.0. The van der Waals surface area contributed by atoms with Gasteiger partial charge in [-0.15, -0.1) is 15.3 Å². The van der Waals surface area contributed by atoms with Crippen LogP contribution in [0.4, 0.5) is 34.1 Å². The Balaban J connectivity index is 1.64. The van der Waals surface area contributed by atoms with Crippen molar-refractivity contribution in [3.05, 3.63) is 78.6 Å². The highest BCUT2D eigenvalue weighted by atomic mass is 32.3. The van der Waals surface area contributed by atoms with Gasteiger partial charge >= 0.3 is 22.3 Å². The number of rotatable bonds is 22. The number of nitrogens with one attached hydrogen (secondary N) is 1. The number of pyridine rings is 1. The fraction of sp³-hybridized carbons (Fsp3) is 0.194. The van der Waals surface area contributed by atoms with E-state index in [-0.39, 0.29) is 34.2 Å². The number of aromatic carboxylic acids is 1. The number of benzene rings is 3. The molecule has 1 heterocycles. The number of hydrogen-bond donors (Lipinski definition) is 7. The predicted molar refractivity (Wildman–Crippen MR) is 209 cm³/mol. The zero-order valence-corrected chi connectivity index (χ0v) is 34.7. The third kappa shape index (κ3) is 14.6. The van der Waals surface area contributed by atoms with Crippen molar-refractivity contribution in [3.8, 4) is 0 Å². The Bertz CT molecular complexity index is 2810. The first-order valence-corrected chi connectivity index (χ1v) is 23.1. The van der Waals surface area contributed by atoms with E-state index in [9.17, 15) is 52.4 Å². The van der Waals surface area contributed by atoms with Crippen LogP contribution in [0, 0.1) is 0 Å². The zero-order chi connectivity index (χ0) is 45.2. The van der Waals surface area contributed by atoms with Crippen LogP contribution in [0.2, 0.25) is 0 Å². The van der Waals surface area contributed by atoms with Gasteiger partial charge in [-0.2, -0.15) is 34.7 Å². The van der Waals surface area contributed by atoms with E-state index in [0.717, 1.165) is 36.4 Å². The molecule has 0 unspecified atom stereocenters. The summed E-state index contributed by atoms with van der Waals surface area (Å²) in [5.41, 5.74) is 3.50. The number of nitrogen functional groups attached to an aromatic ring is 1. The lowest BCUT2D eigenvalue weighted by molar-refractivity contribution is -0.700. The molecule has 3 aromatic carbocycles. The molecule has 0 bridgehead atoms. The molecule has 25 nitrogen and oxygen atoms in total. The Labute approximate surface area is 350 Å². The van der Waals surface area contributed by atoms with Crippen LogP contribution in [0.5, 0.6) is 0 Å². The van der Waals surface area contributed by atoms with Gasteiger partial charge in [-0.1, -0.05) is 0 Å². The van der Waals surface area contributed by atoms with E-state index >= 15 is 0 Å². The predicted octanol–water partition coefficient (Wildman–Crippen LogP) is 3.71. The number of sulfone groups is 1. The van der Waals surface area contributed by atoms with Crippen molar-refractivity contribution in [2.75, 3.05) is 36.6 Å². The topological polar surface area (TPSA) is 391 Å². The highest BCUT2D eigenvalue weighted by molar-refractivity contribution is 7.94. The Hall–Kier alpha value is -5.54. The van der Waals surface area contributed by atoms with Crippen LogP contribution >= 0.6 is 12.0 Å². The maximum Gasteiger partial charge on any atom is 0.397 e. The van der Waals surface area contributed by atoms with E-state index in [1.807, 2.05) is 0 Å². The minimum atomic E-state index is -5.21. The van der Waals surface area contributed by atoms with Crippen molar-refractivity contribution >= 4 is 98.6 Å². The molecule has 0 aliphatic rings. The van der Waals surface area contributed by atoms with Gasteiger partial charge < -0.3 is 21.3 Å². The fourth-order valence-corrected chi connectivity index (χ4v) is 8.05. The molecule has 0 amide bonds. The molecule has 30 heteroatoms. The Morgan fingerprint density at radius 2 is 1.48 bits per heavy atom. The second-order valence-electron chi connectivity index (χ2n) is 11.8. The van der Waals surface area contributed by atoms with Gasteiger partial charge in [0, 0.05) is 17.5 Å². The summed E-state index contributed by atoms with van der Waals surface area (Å²) < 4.78 is 136. The summed E-state index contributed by atoms with van der Waals surface area (Å²) in [4.78, 5) is 25.4. The number of carbonyl (C=O) groups is 2. The molecule has 1 aromatic heterocycles. The second kappa shape index (κ2) is 20.3. The summed E-state index contributed by atoms with van der Waals surface area (Å²) >= 11 is 0.528. The minimum Gasteiger partial charge on any atom is -0.481 e. The molecule has 0 spiro atoms. The first-order valence-electron chi connectivity index (χ1n) is 16.4. The summed E-state index contributed by atoms with van der Waals surface area (Å²) in [6.45, 7) is -1.24. The number of azo groups is 2. The number of anilines is 2. The smallest absolute Gasteiger partial charge is 0.397 e. The normalized spacial score (nSPS) is 12.6. The number of carboxylic acid groups (broad SMARTS) is 2. The molecule has 0 atom stereocenters. The summed E-state index contributed by atoms with van der Waals surface area (Å²) in [7, 11) is -19.3. The van der Waals surface area contributed by atoms with E-state index in [1.54, 1.807) is 6.20 Å². The van der Waals surface area contributed by atoms with Crippen LogP contribution in [0.1, 0.15) is 16.8 Å². The van der Waals surface area contributed by atoms with Gasteiger partial charge in [-0.05, 0) is 54.6 Å².